The van der Waals surface area contributed by atoms with E-state index in [1.165, 1.54) is 11.1 Å². The number of anilines is 1. The number of carbonyl (C=O) groups excluding carboxylic acids is 1. The van der Waals surface area contributed by atoms with Gasteiger partial charge >= 0.3 is 0 Å². The highest BCUT2D eigenvalue weighted by atomic mass is 16.1. The molecule has 7 nitrogen and oxygen atoms in total. The zero-order valence-corrected chi connectivity index (χ0v) is 15.1. The lowest BCUT2D eigenvalue weighted by Gasteiger charge is -2.18. The first-order chi connectivity index (χ1) is 13.3. The fraction of sp³-hybridized carbons (Fsp3) is 0.400. The van der Waals surface area contributed by atoms with Crippen LogP contribution in [0.1, 0.15) is 42.7 Å². The molecule has 3 atom stereocenters. The fourth-order valence-corrected chi connectivity index (χ4v) is 4.29. The van der Waals surface area contributed by atoms with Gasteiger partial charge in [-0.1, -0.05) is 36.8 Å². The molecule has 3 heterocycles. The molecule has 2 aromatic rings. The summed E-state index contributed by atoms with van der Waals surface area (Å²) < 4.78 is 0. The summed E-state index contributed by atoms with van der Waals surface area (Å²) in [5.74, 6) is 1.35. The lowest BCUT2D eigenvalue weighted by atomic mass is 9.89. The Kier molecular flexibility index (Phi) is 4.18. The average molecular weight is 362 g/mol. The molecule has 7 heteroatoms. The van der Waals surface area contributed by atoms with Gasteiger partial charge in [-0.3, -0.25) is 10.2 Å². The van der Waals surface area contributed by atoms with Gasteiger partial charge in [0.25, 0.3) is 0 Å². The predicted octanol–water partition coefficient (Wildman–Crippen LogP) is 2.56. The van der Waals surface area contributed by atoms with Crippen molar-refractivity contribution in [2.75, 3.05) is 18.5 Å². The molecule has 0 saturated carbocycles. The first kappa shape index (κ1) is 16.5. The highest BCUT2D eigenvalue weighted by molar-refractivity contribution is 5.81. The number of nitrogens with one attached hydrogen (secondary N) is 2. The molecule has 0 spiro atoms. The van der Waals surface area contributed by atoms with Gasteiger partial charge in [0.15, 0.2) is 5.82 Å². The van der Waals surface area contributed by atoms with Crippen molar-refractivity contribution in [3.63, 3.8) is 0 Å². The van der Waals surface area contributed by atoms with Crippen LogP contribution in [0.5, 0.6) is 0 Å². The standard InChI is InChI=1S/C20H22N6O/c27-18-7-2-1-4-13-8-9-14-5-3-6-16(20(13)14)17-10-19(23-25-22-17)24-26-12-15(18)11-21-26/h3,5-6,8-10,13,15,21H,1-2,4,7,11-12H2,(H,22,23,24). The first-order valence-corrected chi connectivity index (χ1v) is 9.60. The second kappa shape index (κ2) is 6.83. The molecular formula is C20H22N6O. The number of hydrogen-bond donors (Lipinski definition) is 2. The molecule has 1 aromatic heterocycles. The summed E-state index contributed by atoms with van der Waals surface area (Å²) in [4.78, 5) is 12.5. The zero-order chi connectivity index (χ0) is 18.2. The predicted molar refractivity (Wildman–Crippen MR) is 102 cm³/mol. The van der Waals surface area contributed by atoms with Gasteiger partial charge in [-0.25, -0.2) is 5.43 Å². The van der Waals surface area contributed by atoms with Crippen LogP contribution in [-0.4, -0.2) is 39.4 Å². The first-order valence-electron chi connectivity index (χ1n) is 9.60. The number of carbonyl (C=O) groups is 1. The number of Topliss-reactive ketones (excluding diaryl/α,β-unsaturated/α-hetero) is 1. The molecule has 0 radical (unpaired) electrons. The van der Waals surface area contributed by atoms with E-state index in [0.717, 1.165) is 30.5 Å². The van der Waals surface area contributed by atoms with Crippen LogP contribution in [0.25, 0.3) is 17.3 Å². The van der Waals surface area contributed by atoms with Gasteiger partial charge in [0, 0.05) is 43.0 Å². The van der Waals surface area contributed by atoms with Gasteiger partial charge in [-0.15, -0.1) is 10.2 Å². The van der Waals surface area contributed by atoms with Crippen LogP contribution >= 0.6 is 0 Å². The molecule has 1 aliphatic carbocycles. The Hall–Kier alpha value is -2.64. The molecule has 1 fully saturated rings. The summed E-state index contributed by atoms with van der Waals surface area (Å²) >= 11 is 0. The van der Waals surface area contributed by atoms with Crippen LogP contribution < -0.4 is 10.9 Å². The number of aromatic nitrogens is 3. The van der Waals surface area contributed by atoms with E-state index in [2.05, 4.69) is 56.6 Å². The Morgan fingerprint density at radius 2 is 2.15 bits per heavy atom. The van der Waals surface area contributed by atoms with E-state index in [9.17, 15) is 4.79 Å². The van der Waals surface area contributed by atoms with E-state index in [-0.39, 0.29) is 5.92 Å². The lowest BCUT2D eigenvalue weighted by Crippen LogP contribution is -2.36. The van der Waals surface area contributed by atoms with Crippen molar-refractivity contribution in [3.8, 4) is 11.3 Å². The Bertz CT molecular complexity index is 911. The van der Waals surface area contributed by atoms with Crippen LogP contribution in [-0.2, 0) is 4.79 Å². The maximum Gasteiger partial charge on any atom is 0.168 e. The minimum Gasteiger partial charge on any atom is -0.299 e. The van der Waals surface area contributed by atoms with Gasteiger partial charge in [-0.05, 0) is 29.2 Å². The molecule has 3 aliphatic rings. The van der Waals surface area contributed by atoms with Crippen molar-refractivity contribution in [2.24, 2.45) is 5.92 Å². The van der Waals surface area contributed by atoms with Crippen molar-refractivity contribution in [1.82, 2.24) is 26.0 Å². The maximum atomic E-state index is 12.5. The number of hydrogen-bond acceptors (Lipinski definition) is 7. The Morgan fingerprint density at radius 3 is 3.11 bits per heavy atom. The van der Waals surface area contributed by atoms with Crippen molar-refractivity contribution in [3.05, 3.63) is 41.5 Å². The van der Waals surface area contributed by atoms with E-state index in [4.69, 9.17) is 0 Å². The number of nitrogens with zero attached hydrogens (tertiary/aromatic N) is 4. The summed E-state index contributed by atoms with van der Waals surface area (Å²) in [7, 11) is 0. The zero-order valence-electron chi connectivity index (χ0n) is 15.1. The lowest BCUT2D eigenvalue weighted by molar-refractivity contribution is -0.122. The number of allylic oxidation sites excluding steroid dienone is 1. The quantitative estimate of drug-likeness (QED) is 0.745. The summed E-state index contributed by atoms with van der Waals surface area (Å²) in [5.41, 5.74) is 10.9. The van der Waals surface area contributed by atoms with E-state index in [0.29, 0.717) is 37.0 Å². The molecule has 2 aliphatic heterocycles. The molecule has 3 unspecified atom stereocenters. The normalized spacial score (nSPS) is 26.8. The third kappa shape index (κ3) is 3.13. The second-order valence-electron chi connectivity index (χ2n) is 7.47. The minimum absolute atomic E-state index is 0.0204. The highest BCUT2D eigenvalue weighted by Gasteiger charge is 2.29. The van der Waals surface area contributed by atoms with E-state index < -0.39 is 0 Å². The number of rotatable bonds is 0. The van der Waals surface area contributed by atoms with Crippen molar-refractivity contribution < 1.29 is 4.79 Å². The average Bonchev–Trinajstić information content (AvgIpc) is 3.32. The number of benzene rings is 1. The highest BCUT2D eigenvalue weighted by Crippen LogP contribution is 2.40. The SMILES string of the molecule is O=C1CCCCC2C=Cc3cccc(c32)-c2cc(nnn2)NN2CC1CN2. The Balaban J connectivity index is 1.54. The van der Waals surface area contributed by atoms with Crippen LogP contribution in [0.3, 0.4) is 0 Å². The van der Waals surface area contributed by atoms with Crippen LogP contribution in [0.15, 0.2) is 30.3 Å². The smallest absolute Gasteiger partial charge is 0.168 e. The van der Waals surface area contributed by atoms with Gasteiger partial charge in [0.1, 0.15) is 5.78 Å². The Morgan fingerprint density at radius 1 is 1.19 bits per heavy atom. The number of hydrazine groups is 2. The van der Waals surface area contributed by atoms with Crippen molar-refractivity contribution >= 4 is 17.7 Å². The molecule has 2 N–H and O–H groups in total. The molecule has 1 saturated heterocycles. The monoisotopic (exact) mass is 362 g/mol. The van der Waals surface area contributed by atoms with E-state index in [1.54, 1.807) is 0 Å². The molecule has 0 amide bonds. The number of ketones is 1. The number of fused-ring (bicyclic) bond motifs is 5. The van der Waals surface area contributed by atoms with Gasteiger partial charge in [0.2, 0.25) is 0 Å². The van der Waals surface area contributed by atoms with E-state index >= 15 is 0 Å². The fourth-order valence-electron chi connectivity index (χ4n) is 4.29. The molecule has 5 rings (SSSR count). The molecule has 4 bridgehead atoms. The molecule has 27 heavy (non-hydrogen) atoms. The summed E-state index contributed by atoms with van der Waals surface area (Å²) in [6.07, 6.45) is 8.16. The largest absolute Gasteiger partial charge is 0.299 e. The van der Waals surface area contributed by atoms with Crippen LogP contribution in [0, 0.1) is 5.92 Å². The second-order valence-corrected chi connectivity index (χ2v) is 7.47. The van der Waals surface area contributed by atoms with Gasteiger partial charge in [-0.2, -0.15) is 5.12 Å². The third-order valence-corrected chi connectivity index (χ3v) is 5.70. The maximum absolute atomic E-state index is 12.5. The summed E-state index contributed by atoms with van der Waals surface area (Å²) in [6.45, 7) is 1.29. The molecule has 138 valence electrons. The molecule has 1 aromatic carbocycles. The van der Waals surface area contributed by atoms with E-state index in [1.807, 2.05) is 11.2 Å². The third-order valence-electron chi connectivity index (χ3n) is 5.70. The minimum atomic E-state index is 0.0204. The van der Waals surface area contributed by atoms with Crippen LogP contribution in [0.4, 0.5) is 5.82 Å². The topological polar surface area (TPSA) is 83.0 Å². The van der Waals surface area contributed by atoms with Crippen molar-refractivity contribution in [2.45, 2.75) is 31.6 Å². The Labute approximate surface area is 157 Å². The molecular weight excluding hydrogens is 340 g/mol. The van der Waals surface area contributed by atoms with Gasteiger partial charge in [0.05, 0.1) is 5.69 Å². The summed E-state index contributed by atoms with van der Waals surface area (Å²) in [5, 5.41) is 14.2. The van der Waals surface area contributed by atoms with Gasteiger partial charge < -0.3 is 0 Å². The summed E-state index contributed by atoms with van der Waals surface area (Å²) in [6, 6.07) is 8.25. The van der Waals surface area contributed by atoms with Crippen LogP contribution in [0.2, 0.25) is 0 Å². The van der Waals surface area contributed by atoms with Crippen molar-refractivity contribution in [1.29, 1.82) is 0 Å².